The van der Waals surface area contributed by atoms with E-state index in [1.165, 1.54) is 17.1 Å². The standard InChI is InChI=1S/C19H26N4O3S2/c24-19(20-15-8-3-1-2-4-9-15)14-7-6-12-23(13-14)28(25,26)17-11-5-10-16-18(17)22-27-21-16/h5,10-11,14-15H,1-4,6-9,12-13H2,(H,20,24)/t14-/m0/s1. The van der Waals surface area contributed by atoms with Crippen LogP contribution in [0.4, 0.5) is 0 Å². The van der Waals surface area contributed by atoms with Crippen molar-refractivity contribution in [2.75, 3.05) is 13.1 Å². The third-order valence-electron chi connectivity index (χ3n) is 5.82. The molecule has 2 aliphatic rings. The molecule has 0 radical (unpaired) electrons. The van der Waals surface area contributed by atoms with Gasteiger partial charge in [-0.05, 0) is 37.8 Å². The van der Waals surface area contributed by atoms with Gasteiger partial charge in [0.25, 0.3) is 0 Å². The maximum atomic E-state index is 13.2. The number of rotatable bonds is 4. The molecule has 0 bridgehead atoms. The summed E-state index contributed by atoms with van der Waals surface area (Å²) in [6.45, 7) is 0.665. The molecule has 2 fully saturated rings. The van der Waals surface area contributed by atoms with Crippen LogP contribution < -0.4 is 5.32 Å². The van der Waals surface area contributed by atoms with Crippen molar-refractivity contribution in [2.24, 2.45) is 5.92 Å². The number of aromatic nitrogens is 2. The van der Waals surface area contributed by atoms with E-state index < -0.39 is 10.0 Å². The molecule has 1 saturated heterocycles. The third-order valence-corrected chi connectivity index (χ3v) is 8.26. The fourth-order valence-electron chi connectivity index (χ4n) is 4.25. The lowest BCUT2D eigenvalue weighted by Crippen LogP contribution is -2.47. The lowest BCUT2D eigenvalue weighted by molar-refractivity contribution is -0.126. The van der Waals surface area contributed by atoms with Crippen LogP contribution in [0.15, 0.2) is 23.1 Å². The first-order valence-corrected chi connectivity index (χ1v) is 12.2. The molecule has 1 atom stereocenters. The van der Waals surface area contributed by atoms with Crippen molar-refractivity contribution in [3.05, 3.63) is 18.2 Å². The Balaban J connectivity index is 1.48. The van der Waals surface area contributed by atoms with E-state index in [0.717, 1.165) is 43.8 Å². The monoisotopic (exact) mass is 422 g/mol. The third kappa shape index (κ3) is 4.06. The Kier molecular flexibility index (Phi) is 5.93. The summed E-state index contributed by atoms with van der Waals surface area (Å²) < 4.78 is 36.2. The highest BCUT2D eigenvalue weighted by atomic mass is 32.2. The predicted octanol–water partition coefficient (Wildman–Crippen LogP) is 2.93. The molecule has 2 heterocycles. The van der Waals surface area contributed by atoms with E-state index >= 15 is 0 Å². The van der Waals surface area contributed by atoms with E-state index in [9.17, 15) is 13.2 Å². The Morgan fingerprint density at radius 2 is 1.86 bits per heavy atom. The van der Waals surface area contributed by atoms with Crippen molar-refractivity contribution >= 4 is 38.7 Å². The van der Waals surface area contributed by atoms with Crippen LogP contribution >= 0.6 is 11.7 Å². The Morgan fingerprint density at radius 3 is 2.64 bits per heavy atom. The molecular formula is C19H26N4O3S2. The van der Waals surface area contributed by atoms with Gasteiger partial charge in [0.1, 0.15) is 15.9 Å². The summed E-state index contributed by atoms with van der Waals surface area (Å²) in [6.07, 6.45) is 8.25. The first-order chi connectivity index (χ1) is 13.6. The van der Waals surface area contributed by atoms with Crippen molar-refractivity contribution in [1.29, 1.82) is 0 Å². The molecule has 1 aliphatic carbocycles. The molecule has 1 saturated carbocycles. The van der Waals surface area contributed by atoms with Crippen molar-refractivity contribution < 1.29 is 13.2 Å². The van der Waals surface area contributed by atoms with Crippen LogP contribution in [0.3, 0.4) is 0 Å². The molecule has 0 unspecified atom stereocenters. The van der Waals surface area contributed by atoms with E-state index in [-0.39, 0.29) is 29.3 Å². The topological polar surface area (TPSA) is 92.3 Å². The molecule has 2 aromatic rings. The number of nitrogens with zero attached hydrogens (tertiary/aromatic N) is 3. The molecule has 9 heteroatoms. The Hall–Kier alpha value is -1.58. The maximum absolute atomic E-state index is 13.2. The SMILES string of the molecule is O=C(NC1CCCCCC1)[C@H]1CCCN(S(=O)(=O)c2cccc3nsnc23)C1. The van der Waals surface area contributed by atoms with Crippen LogP contribution in [0, 0.1) is 5.92 Å². The van der Waals surface area contributed by atoms with Crippen molar-refractivity contribution in [2.45, 2.75) is 62.3 Å². The van der Waals surface area contributed by atoms with E-state index in [2.05, 4.69) is 14.1 Å². The predicted molar refractivity (Wildman–Crippen MR) is 109 cm³/mol. The molecule has 1 aliphatic heterocycles. The highest BCUT2D eigenvalue weighted by molar-refractivity contribution is 7.89. The number of carbonyl (C=O) groups excluding carboxylic acids is 1. The van der Waals surface area contributed by atoms with Gasteiger partial charge in [0.15, 0.2) is 0 Å². The first-order valence-electron chi connectivity index (χ1n) is 10.1. The number of amides is 1. The van der Waals surface area contributed by atoms with E-state index in [4.69, 9.17) is 0 Å². The number of hydrogen-bond donors (Lipinski definition) is 1. The van der Waals surface area contributed by atoms with Gasteiger partial charge >= 0.3 is 0 Å². The second-order valence-corrected chi connectivity index (χ2v) is 10.2. The van der Waals surface area contributed by atoms with E-state index in [1.54, 1.807) is 18.2 Å². The summed E-state index contributed by atoms with van der Waals surface area (Å²) >= 11 is 1.01. The van der Waals surface area contributed by atoms with Gasteiger partial charge in [-0.3, -0.25) is 4.79 Å². The fourth-order valence-corrected chi connectivity index (χ4v) is 6.52. The van der Waals surface area contributed by atoms with Gasteiger partial charge in [-0.25, -0.2) is 8.42 Å². The van der Waals surface area contributed by atoms with Gasteiger partial charge in [-0.2, -0.15) is 13.1 Å². The second kappa shape index (κ2) is 8.42. The van der Waals surface area contributed by atoms with Gasteiger partial charge in [0.05, 0.1) is 17.6 Å². The van der Waals surface area contributed by atoms with Crippen LogP contribution in [0.25, 0.3) is 11.0 Å². The normalized spacial score (nSPS) is 22.8. The Bertz CT molecular complexity index is 936. The minimum atomic E-state index is -3.71. The average Bonchev–Trinajstić information content (AvgIpc) is 3.05. The van der Waals surface area contributed by atoms with Crippen LogP contribution in [0.2, 0.25) is 0 Å². The van der Waals surface area contributed by atoms with E-state index in [1.807, 2.05) is 0 Å². The lowest BCUT2D eigenvalue weighted by atomic mass is 9.97. The number of fused-ring (bicyclic) bond motifs is 1. The number of nitrogens with one attached hydrogen (secondary N) is 1. The molecule has 1 aromatic heterocycles. The summed E-state index contributed by atoms with van der Waals surface area (Å²) in [5.74, 6) is -0.292. The maximum Gasteiger partial charge on any atom is 0.245 e. The number of piperidine rings is 1. The zero-order chi connectivity index (χ0) is 19.6. The van der Waals surface area contributed by atoms with Gasteiger partial charge in [0, 0.05) is 19.1 Å². The average molecular weight is 423 g/mol. The molecule has 4 rings (SSSR count). The van der Waals surface area contributed by atoms with Crippen molar-refractivity contribution in [3.8, 4) is 0 Å². The van der Waals surface area contributed by atoms with Crippen LogP contribution in [-0.2, 0) is 14.8 Å². The number of sulfonamides is 1. The van der Waals surface area contributed by atoms with Crippen molar-refractivity contribution in [3.63, 3.8) is 0 Å². The molecule has 1 N–H and O–H groups in total. The number of benzene rings is 1. The first kappa shape index (κ1) is 19.7. The molecule has 28 heavy (non-hydrogen) atoms. The van der Waals surface area contributed by atoms with Crippen LogP contribution in [-0.4, -0.2) is 46.5 Å². The zero-order valence-electron chi connectivity index (χ0n) is 15.8. The minimum absolute atomic E-state index is 0.000309. The van der Waals surface area contributed by atoms with Gasteiger partial charge in [0.2, 0.25) is 15.9 Å². The van der Waals surface area contributed by atoms with Gasteiger partial charge in [-0.15, -0.1) is 0 Å². The summed E-state index contributed by atoms with van der Waals surface area (Å²) in [4.78, 5) is 13.0. The molecule has 7 nitrogen and oxygen atoms in total. The van der Waals surface area contributed by atoms with Gasteiger partial charge in [-0.1, -0.05) is 31.7 Å². The minimum Gasteiger partial charge on any atom is -0.353 e. The summed E-state index contributed by atoms with van der Waals surface area (Å²) in [5.41, 5.74) is 1.00. The van der Waals surface area contributed by atoms with Crippen LogP contribution in [0.1, 0.15) is 51.4 Å². The second-order valence-electron chi connectivity index (χ2n) is 7.79. The Labute approximate surface area is 169 Å². The van der Waals surface area contributed by atoms with E-state index in [0.29, 0.717) is 24.0 Å². The summed E-state index contributed by atoms with van der Waals surface area (Å²) in [7, 11) is -3.71. The zero-order valence-corrected chi connectivity index (χ0v) is 17.5. The summed E-state index contributed by atoms with van der Waals surface area (Å²) in [5, 5.41) is 3.18. The lowest BCUT2D eigenvalue weighted by Gasteiger charge is -2.32. The molecule has 0 spiro atoms. The smallest absolute Gasteiger partial charge is 0.245 e. The van der Waals surface area contributed by atoms with Crippen molar-refractivity contribution in [1.82, 2.24) is 18.4 Å². The number of carbonyl (C=O) groups is 1. The highest BCUT2D eigenvalue weighted by Gasteiger charge is 2.35. The highest BCUT2D eigenvalue weighted by Crippen LogP contribution is 2.28. The Morgan fingerprint density at radius 1 is 1.07 bits per heavy atom. The molecular weight excluding hydrogens is 396 g/mol. The molecule has 1 amide bonds. The van der Waals surface area contributed by atoms with Crippen LogP contribution in [0.5, 0.6) is 0 Å². The van der Waals surface area contributed by atoms with Gasteiger partial charge < -0.3 is 5.32 Å². The quantitative estimate of drug-likeness (QED) is 0.765. The molecule has 152 valence electrons. The largest absolute Gasteiger partial charge is 0.353 e. The fraction of sp³-hybridized carbons (Fsp3) is 0.632. The number of hydrogen-bond acceptors (Lipinski definition) is 6. The summed E-state index contributed by atoms with van der Waals surface area (Å²) in [6, 6.07) is 5.26. The molecule has 1 aromatic carbocycles.